The molecule has 0 atom stereocenters. The number of aryl methyl sites for hydroxylation is 1. The van der Waals surface area contributed by atoms with Crippen molar-refractivity contribution in [3.8, 4) is 0 Å². The lowest BCUT2D eigenvalue weighted by atomic mass is 9.97. The lowest BCUT2D eigenvalue weighted by Crippen LogP contribution is -2.12. The number of aliphatic imine (C=N–C) groups is 1. The first kappa shape index (κ1) is 34.0. The molecule has 9 rings (SSSR count). The number of para-hydroxylation sites is 1. The maximum absolute atomic E-state index is 10.5. The van der Waals surface area contributed by atoms with Gasteiger partial charge in [-0.25, -0.2) is 0 Å². The molecular formula is C43H35N3O3S3. The van der Waals surface area contributed by atoms with Crippen LogP contribution in [0.2, 0.25) is 0 Å². The van der Waals surface area contributed by atoms with E-state index in [4.69, 9.17) is 9.55 Å². The zero-order chi connectivity index (χ0) is 36.1. The predicted octanol–water partition coefficient (Wildman–Crippen LogP) is 11.3. The molecule has 52 heavy (non-hydrogen) atoms. The van der Waals surface area contributed by atoms with Crippen LogP contribution in [0.4, 0.5) is 17.1 Å². The fourth-order valence-electron chi connectivity index (χ4n) is 6.90. The molecule has 6 nitrogen and oxygen atoms in total. The van der Waals surface area contributed by atoms with Gasteiger partial charge in [0.1, 0.15) is 0 Å². The summed E-state index contributed by atoms with van der Waals surface area (Å²) >= 11 is 3.68. The molecule has 0 fully saturated rings. The molecule has 0 radical (unpaired) electrons. The van der Waals surface area contributed by atoms with Gasteiger partial charge in [-0.1, -0.05) is 120 Å². The van der Waals surface area contributed by atoms with E-state index >= 15 is 0 Å². The summed E-state index contributed by atoms with van der Waals surface area (Å²) in [6.07, 6.45) is 4.72. The third-order valence-corrected chi connectivity index (χ3v) is 12.6. The van der Waals surface area contributed by atoms with E-state index in [0.717, 1.165) is 17.0 Å². The van der Waals surface area contributed by atoms with Crippen LogP contribution in [0.15, 0.2) is 169 Å². The summed E-state index contributed by atoms with van der Waals surface area (Å²) < 4.78 is 29.6. The molecule has 9 heteroatoms. The van der Waals surface area contributed by atoms with Crippen molar-refractivity contribution in [2.24, 2.45) is 4.99 Å². The Morgan fingerprint density at radius 3 is 1.69 bits per heavy atom. The van der Waals surface area contributed by atoms with Gasteiger partial charge in [0.25, 0.3) is 10.1 Å². The van der Waals surface area contributed by atoms with E-state index in [-0.39, 0.29) is 4.90 Å². The molecule has 0 spiro atoms. The molecule has 3 aliphatic rings. The monoisotopic (exact) mass is 737 g/mol. The Kier molecular flexibility index (Phi) is 8.83. The van der Waals surface area contributed by atoms with Gasteiger partial charge < -0.3 is 9.80 Å². The predicted molar refractivity (Wildman–Crippen MR) is 220 cm³/mol. The molecule has 0 unspecified atom stereocenters. The number of anilines is 2. The van der Waals surface area contributed by atoms with Crippen molar-refractivity contribution in [3.05, 3.63) is 160 Å². The highest BCUT2D eigenvalue weighted by molar-refractivity contribution is 8.04. The summed E-state index contributed by atoms with van der Waals surface area (Å²) in [5.41, 5.74) is 9.17. The normalized spacial score (nSPS) is 17.3. The number of nitrogens with zero attached hydrogens (tertiary/aromatic N) is 3. The van der Waals surface area contributed by atoms with Crippen LogP contribution in [0.25, 0.3) is 27.1 Å². The van der Waals surface area contributed by atoms with Crippen molar-refractivity contribution in [1.29, 1.82) is 0 Å². The number of rotatable bonds is 3. The van der Waals surface area contributed by atoms with E-state index in [0.29, 0.717) is 0 Å². The first-order chi connectivity index (χ1) is 25.1. The van der Waals surface area contributed by atoms with Crippen molar-refractivity contribution >= 4 is 83.5 Å². The summed E-state index contributed by atoms with van der Waals surface area (Å²) in [7, 11) is 0.358. The first-order valence-electron chi connectivity index (χ1n) is 16.8. The van der Waals surface area contributed by atoms with E-state index in [2.05, 4.69) is 140 Å². The molecule has 0 aromatic heterocycles. The Labute approximate surface area is 312 Å². The molecule has 0 saturated heterocycles. The molecular weight excluding hydrogens is 703 g/mol. The van der Waals surface area contributed by atoms with Gasteiger partial charge in [0, 0.05) is 51.5 Å². The van der Waals surface area contributed by atoms with Crippen LogP contribution in [0.5, 0.6) is 0 Å². The van der Waals surface area contributed by atoms with Gasteiger partial charge in [0.2, 0.25) is 0 Å². The van der Waals surface area contributed by atoms with Crippen molar-refractivity contribution in [2.75, 3.05) is 23.9 Å². The van der Waals surface area contributed by atoms with Crippen LogP contribution in [0, 0.1) is 6.92 Å². The summed E-state index contributed by atoms with van der Waals surface area (Å²) in [6, 6.07) is 40.8. The average Bonchev–Trinajstić information content (AvgIpc) is 3.77. The van der Waals surface area contributed by atoms with Gasteiger partial charge in [-0.15, -0.1) is 0 Å². The highest BCUT2D eigenvalue weighted by Crippen LogP contribution is 2.52. The number of allylic oxidation sites excluding steroid dienone is 4. The second-order valence-corrected chi connectivity index (χ2v) is 16.4. The number of fused-ring (bicyclic) bond motifs is 7. The number of hydrogen-bond acceptors (Lipinski definition) is 7. The Morgan fingerprint density at radius 1 is 0.654 bits per heavy atom. The topological polar surface area (TPSA) is 73.2 Å². The molecule has 3 aliphatic heterocycles. The maximum atomic E-state index is 10.5. The summed E-state index contributed by atoms with van der Waals surface area (Å²) in [5.74, 6) is 0. The first-order valence-corrected chi connectivity index (χ1v) is 19.9. The summed E-state index contributed by atoms with van der Waals surface area (Å²) in [6.45, 7) is 3.97. The number of thioether (sulfide) groups is 2. The zero-order valence-corrected chi connectivity index (χ0v) is 31.5. The van der Waals surface area contributed by atoms with E-state index in [1.165, 1.54) is 81.6 Å². The van der Waals surface area contributed by atoms with Crippen molar-refractivity contribution in [3.63, 3.8) is 0 Å². The second kappa shape index (κ2) is 13.5. The second-order valence-electron chi connectivity index (χ2n) is 12.9. The summed E-state index contributed by atoms with van der Waals surface area (Å²) in [4.78, 5) is 12.2. The van der Waals surface area contributed by atoms with Crippen LogP contribution in [-0.4, -0.2) is 32.8 Å². The molecule has 6 aromatic carbocycles. The van der Waals surface area contributed by atoms with Gasteiger partial charge in [-0.2, -0.15) is 8.42 Å². The minimum absolute atomic E-state index is 0.0666. The molecule has 258 valence electrons. The largest absolute Gasteiger partial charge is 0.338 e. The van der Waals surface area contributed by atoms with Crippen LogP contribution in [0.3, 0.4) is 0 Å². The Bertz CT molecular complexity index is 2550. The number of hydrogen-bond donors (Lipinski definition) is 1. The fourth-order valence-corrected chi connectivity index (χ4v) is 9.62. The van der Waals surface area contributed by atoms with Gasteiger partial charge >= 0.3 is 0 Å². The van der Waals surface area contributed by atoms with Gasteiger partial charge in [-0.3, -0.25) is 9.55 Å². The zero-order valence-electron chi connectivity index (χ0n) is 29.0. The highest BCUT2D eigenvalue weighted by Gasteiger charge is 2.29. The molecule has 0 saturated carbocycles. The standard InChI is InChI=1S/C36H27N3S2.C7H8O3S/c1-22-34(28-14-8-9-15-29(28)37-22)25(20-32-38(2)35-26-12-6-4-10-23(26)16-18-30(35)40-32)21-33-39(3)36-27-13-7-5-11-24(27)17-19-31(36)41-33;1-6-2-4-7(5-3-6)11(8,9)10/h4-21H,1-3H3;2-5H,1H3,(H,8,9,10)/b32-20+,33-21?,34-25?;. The Hall–Kier alpha value is -5.06. The molecule has 3 heterocycles. The van der Waals surface area contributed by atoms with Crippen molar-refractivity contribution < 1.29 is 13.0 Å². The maximum Gasteiger partial charge on any atom is 0.294 e. The van der Waals surface area contributed by atoms with Gasteiger partial charge in [0.15, 0.2) is 0 Å². The minimum atomic E-state index is -4.02. The average molecular weight is 738 g/mol. The molecule has 1 N–H and O–H groups in total. The third-order valence-electron chi connectivity index (χ3n) is 9.48. The Morgan fingerprint density at radius 2 is 1.15 bits per heavy atom. The highest BCUT2D eigenvalue weighted by atomic mass is 32.2. The van der Waals surface area contributed by atoms with Crippen LogP contribution in [0.1, 0.15) is 18.1 Å². The van der Waals surface area contributed by atoms with E-state index in [1.54, 1.807) is 12.1 Å². The van der Waals surface area contributed by atoms with E-state index < -0.39 is 10.1 Å². The van der Waals surface area contributed by atoms with E-state index in [9.17, 15) is 8.42 Å². The lowest BCUT2D eigenvalue weighted by molar-refractivity contribution is 0.483. The van der Waals surface area contributed by atoms with E-state index in [1.807, 2.05) is 30.4 Å². The molecule has 0 aliphatic carbocycles. The van der Waals surface area contributed by atoms with Crippen molar-refractivity contribution in [2.45, 2.75) is 28.5 Å². The number of benzene rings is 6. The smallest absolute Gasteiger partial charge is 0.294 e. The molecule has 0 bridgehead atoms. The van der Waals surface area contributed by atoms with Gasteiger partial charge in [-0.05, 0) is 72.7 Å². The van der Waals surface area contributed by atoms with Crippen LogP contribution in [-0.2, 0) is 10.1 Å². The quantitative estimate of drug-likeness (QED) is 0.181. The van der Waals surface area contributed by atoms with Crippen LogP contribution >= 0.6 is 23.5 Å². The molecule has 6 aromatic rings. The third kappa shape index (κ3) is 6.24. The SMILES string of the molecule is CC1=Nc2ccccc2C1=C(C=C1Sc2ccc3ccccc3c2N1C)/C=C1/Sc2ccc3ccccc3c2N1C.Cc1ccc(S(=O)(=O)O)cc1. The van der Waals surface area contributed by atoms with Crippen molar-refractivity contribution in [1.82, 2.24) is 0 Å². The Balaban J connectivity index is 0.000000304. The lowest BCUT2D eigenvalue weighted by Gasteiger charge is -2.18. The van der Waals surface area contributed by atoms with Crippen LogP contribution < -0.4 is 9.80 Å². The van der Waals surface area contributed by atoms with Gasteiger partial charge in [0.05, 0.1) is 32.0 Å². The molecule has 0 amide bonds. The fraction of sp³-hybridized carbons (Fsp3) is 0.0930. The minimum Gasteiger partial charge on any atom is -0.338 e. The summed E-state index contributed by atoms with van der Waals surface area (Å²) in [5, 5.41) is 7.52.